The van der Waals surface area contributed by atoms with Crippen LogP contribution in [-0.2, 0) is 7.05 Å². The van der Waals surface area contributed by atoms with Gasteiger partial charge in [-0.05, 0) is 11.6 Å². The van der Waals surface area contributed by atoms with E-state index in [-0.39, 0.29) is 5.92 Å². The van der Waals surface area contributed by atoms with E-state index in [4.69, 9.17) is 11.6 Å². The minimum absolute atomic E-state index is 0.246. The molecule has 2 aromatic heterocycles. The predicted molar refractivity (Wildman–Crippen MR) is 60.0 cm³/mol. The molecule has 1 atom stereocenters. The third-order valence-corrected chi connectivity index (χ3v) is 2.64. The molecule has 15 heavy (non-hydrogen) atoms. The first-order valence-corrected chi connectivity index (χ1v) is 5.14. The second-order valence-corrected chi connectivity index (χ2v) is 3.99. The number of aromatic nitrogens is 3. The average Bonchev–Trinajstić information content (AvgIpc) is 2.65. The van der Waals surface area contributed by atoms with Gasteiger partial charge in [-0.1, -0.05) is 24.6 Å². The van der Waals surface area contributed by atoms with E-state index in [1.165, 1.54) is 0 Å². The van der Waals surface area contributed by atoms with Gasteiger partial charge >= 0.3 is 0 Å². The predicted octanol–water partition coefficient (Wildman–Crippen LogP) is 2.62. The summed E-state index contributed by atoms with van der Waals surface area (Å²) in [7, 11) is 1.96. The quantitative estimate of drug-likeness (QED) is 0.730. The van der Waals surface area contributed by atoms with Crippen LogP contribution in [-0.4, -0.2) is 14.5 Å². The Morgan fingerprint density at radius 1 is 1.33 bits per heavy atom. The number of hydrogen-bond acceptors (Lipinski definition) is 2. The molecule has 0 amide bonds. The summed E-state index contributed by atoms with van der Waals surface area (Å²) < 4.78 is 1.94. The molecular weight excluding hydrogens is 210 g/mol. The lowest BCUT2D eigenvalue weighted by molar-refractivity contribution is 0.869. The number of hydrogen-bond donors (Lipinski definition) is 0. The van der Waals surface area contributed by atoms with Crippen LogP contribution in [0.4, 0.5) is 0 Å². The fourth-order valence-electron chi connectivity index (χ4n) is 1.47. The Labute approximate surface area is 93.7 Å². The summed E-state index contributed by atoms with van der Waals surface area (Å²) in [4.78, 5) is 8.38. The number of rotatable bonds is 2. The standard InChI is InChI=1S/C11H12ClN3/c1-8(10-6-15(2)7-14-10)9-3-4-11(12)13-5-9/h3-8H,1-2H3. The topological polar surface area (TPSA) is 30.7 Å². The molecule has 0 aromatic carbocycles. The number of imidazole rings is 1. The molecule has 4 heteroatoms. The summed E-state index contributed by atoms with van der Waals surface area (Å²) in [6, 6.07) is 3.78. The Balaban J connectivity index is 2.28. The first-order valence-electron chi connectivity index (χ1n) is 4.76. The van der Waals surface area contributed by atoms with E-state index >= 15 is 0 Å². The van der Waals surface area contributed by atoms with Gasteiger partial charge < -0.3 is 4.57 Å². The largest absolute Gasteiger partial charge is 0.340 e. The van der Waals surface area contributed by atoms with E-state index in [1.54, 1.807) is 18.6 Å². The maximum absolute atomic E-state index is 5.74. The highest BCUT2D eigenvalue weighted by Crippen LogP contribution is 2.22. The molecule has 2 heterocycles. The molecule has 0 spiro atoms. The van der Waals surface area contributed by atoms with E-state index in [9.17, 15) is 0 Å². The van der Waals surface area contributed by atoms with Crippen LogP contribution in [0.25, 0.3) is 0 Å². The Hall–Kier alpha value is -1.35. The SMILES string of the molecule is CC(c1ccc(Cl)nc1)c1cn(C)cn1. The second-order valence-electron chi connectivity index (χ2n) is 3.60. The Morgan fingerprint density at radius 2 is 2.13 bits per heavy atom. The molecule has 0 radical (unpaired) electrons. The summed E-state index contributed by atoms with van der Waals surface area (Å²) in [5.41, 5.74) is 2.17. The van der Waals surface area contributed by atoms with Gasteiger partial charge in [-0.2, -0.15) is 0 Å². The van der Waals surface area contributed by atoms with Gasteiger partial charge in [0.1, 0.15) is 5.15 Å². The van der Waals surface area contributed by atoms with Crippen molar-refractivity contribution in [3.05, 3.63) is 47.3 Å². The minimum atomic E-state index is 0.246. The van der Waals surface area contributed by atoms with Gasteiger partial charge in [0.2, 0.25) is 0 Å². The summed E-state index contributed by atoms with van der Waals surface area (Å²) in [6.07, 6.45) is 5.61. The fourth-order valence-corrected chi connectivity index (χ4v) is 1.58. The van der Waals surface area contributed by atoms with Crippen molar-refractivity contribution in [2.24, 2.45) is 7.05 Å². The molecule has 0 aliphatic rings. The van der Waals surface area contributed by atoms with Gasteiger partial charge in [-0.15, -0.1) is 0 Å². The van der Waals surface area contributed by atoms with Crippen LogP contribution in [0.3, 0.4) is 0 Å². The van der Waals surface area contributed by atoms with Gasteiger partial charge in [0.15, 0.2) is 0 Å². The highest BCUT2D eigenvalue weighted by Gasteiger charge is 2.10. The lowest BCUT2D eigenvalue weighted by Gasteiger charge is -2.07. The highest BCUT2D eigenvalue weighted by molar-refractivity contribution is 6.29. The lowest BCUT2D eigenvalue weighted by Crippen LogP contribution is -1.97. The zero-order chi connectivity index (χ0) is 10.8. The molecule has 0 aliphatic heterocycles. The molecule has 1 unspecified atom stereocenters. The van der Waals surface area contributed by atoms with Gasteiger partial charge in [0.05, 0.1) is 12.0 Å². The molecule has 0 N–H and O–H groups in total. The van der Waals surface area contributed by atoms with Gasteiger partial charge in [-0.25, -0.2) is 9.97 Å². The average molecular weight is 222 g/mol. The van der Waals surface area contributed by atoms with Crippen LogP contribution in [0.2, 0.25) is 5.15 Å². The van der Waals surface area contributed by atoms with Crippen LogP contribution in [0.5, 0.6) is 0 Å². The third kappa shape index (κ3) is 2.18. The Morgan fingerprint density at radius 3 is 2.67 bits per heavy atom. The highest BCUT2D eigenvalue weighted by atomic mass is 35.5. The normalized spacial score (nSPS) is 12.7. The summed E-state index contributed by atoms with van der Waals surface area (Å²) in [5, 5.41) is 0.520. The van der Waals surface area contributed by atoms with Crippen LogP contribution < -0.4 is 0 Å². The molecule has 0 aliphatic carbocycles. The summed E-state index contributed by atoms with van der Waals surface area (Å²) in [6.45, 7) is 2.10. The molecule has 0 saturated heterocycles. The molecular formula is C11H12ClN3. The molecule has 3 nitrogen and oxygen atoms in total. The van der Waals surface area contributed by atoms with Crippen molar-refractivity contribution in [2.45, 2.75) is 12.8 Å². The smallest absolute Gasteiger partial charge is 0.129 e. The third-order valence-electron chi connectivity index (χ3n) is 2.42. The zero-order valence-electron chi connectivity index (χ0n) is 8.68. The fraction of sp³-hybridized carbons (Fsp3) is 0.273. The Bertz CT molecular complexity index is 447. The van der Waals surface area contributed by atoms with Gasteiger partial charge in [-0.3, -0.25) is 0 Å². The minimum Gasteiger partial charge on any atom is -0.340 e. The van der Waals surface area contributed by atoms with Crippen LogP contribution in [0.1, 0.15) is 24.1 Å². The van der Waals surface area contributed by atoms with Crippen LogP contribution in [0.15, 0.2) is 30.9 Å². The monoisotopic (exact) mass is 221 g/mol. The van der Waals surface area contributed by atoms with Gasteiger partial charge in [0.25, 0.3) is 0 Å². The number of aryl methyl sites for hydroxylation is 1. The Kier molecular flexibility index (Phi) is 2.73. The van der Waals surface area contributed by atoms with E-state index < -0.39 is 0 Å². The maximum Gasteiger partial charge on any atom is 0.129 e. The maximum atomic E-state index is 5.74. The van der Waals surface area contributed by atoms with E-state index in [0.29, 0.717) is 5.15 Å². The van der Waals surface area contributed by atoms with Gasteiger partial charge in [0, 0.05) is 25.4 Å². The van der Waals surface area contributed by atoms with Crippen LogP contribution >= 0.6 is 11.6 Å². The van der Waals surface area contributed by atoms with Crippen molar-refractivity contribution < 1.29 is 0 Å². The number of halogens is 1. The number of nitrogens with zero attached hydrogens (tertiary/aromatic N) is 3. The second kappa shape index (κ2) is 4.03. The molecule has 0 saturated carbocycles. The zero-order valence-corrected chi connectivity index (χ0v) is 9.44. The summed E-state index contributed by atoms with van der Waals surface area (Å²) >= 11 is 5.74. The van der Waals surface area contributed by atoms with Crippen molar-refractivity contribution in [3.8, 4) is 0 Å². The lowest BCUT2D eigenvalue weighted by atomic mass is 10.0. The van der Waals surface area contributed by atoms with Crippen molar-refractivity contribution in [1.29, 1.82) is 0 Å². The molecule has 2 rings (SSSR count). The molecule has 2 aromatic rings. The van der Waals surface area contributed by atoms with Crippen molar-refractivity contribution in [3.63, 3.8) is 0 Å². The van der Waals surface area contributed by atoms with E-state index in [0.717, 1.165) is 11.3 Å². The molecule has 78 valence electrons. The first kappa shape index (κ1) is 10.2. The van der Waals surface area contributed by atoms with Crippen LogP contribution in [0, 0.1) is 0 Å². The van der Waals surface area contributed by atoms with Crippen molar-refractivity contribution in [2.75, 3.05) is 0 Å². The van der Waals surface area contributed by atoms with E-state index in [1.807, 2.05) is 23.9 Å². The van der Waals surface area contributed by atoms with Crippen molar-refractivity contribution in [1.82, 2.24) is 14.5 Å². The van der Waals surface area contributed by atoms with E-state index in [2.05, 4.69) is 16.9 Å². The number of pyridine rings is 1. The molecule has 0 fully saturated rings. The first-order chi connectivity index (χ1) is 7.16. The summed E-state index contributed by atoms with van der Waals surface area (Å²) in [5.74, 6) is 0.246. The van der Waals surface area contributed by atoms with Crippen molar-refractivity contribution >= 4 is 11.6 Å². The molecule has 0 bridgehead atoms.